The number of halogens is 2. The van der Waals surface area contributed by atoms with E-state index in [4.69, 9.17) is 0 Å². The van der Waals surface area contributed by atoms with Gasteiger partial charge in [-0.15, -0.1) is 0 Å². The van der Waals surface area contributed by atoms with Crippen LogP contribution in [-0.2, 0) is 0 Å². The normalized spacial score (nSPS) is 28.4. The van der Waals surface area contributed by atoms with Gasteiger partial charge in [-0.05, 0) is 67.1 Å². The van der Waals surface area contributed by atoms with Crippen LogP contribution >= 0.6 is 0 Å². The topological polar surface area (TPSA) is 0 Å². The van der Waals surface area contributed by atoms with Crippen molar-refractivity contribution >= 4 is 0 Å². The summed E-state index contributed by atoms with van der Waals surface area (Å²) in [5, 5.41) is 0. The van der Waals surface area contributed by atoms with Gasteiger partial charge >= 0.3 is 0 Å². The Morgan fingerprint density at radius 2 is 1.11 bits per heavy atom. The zero-order valence-corrected chi connectivity index (χ0v) is 17.9. The Labute approximate surface area is 171 Å². The Morgan fingerprint density at radius 3 is 1.61 bits per heavy atom. The molecule has 2 heteroatoms. The SMILES string of the molecule is CCCCCC1CCC(CCCC2CCC(c3cc(F)cc(F)c3)CC2)CC1. The average Bonchev–Trinajstić information content (AvgIpc) is 2.69. The van der Waals surface area contributed by atoms with Gasteiger partial charge in [-0.25, -0.2) is 8.78 Å². The molecule has 0 unspecified atom stereocenters. The maximum Gasteiger partial charge on any atom is 0.126 e. The van der Waals surface area contributed by atoms with E-state index in [1.807, 2.05) is 0 Å². The fourth-order valence-electron chi connectivity index (χ4n) is 5.78. The summed E-state index contributed by atoms with van der Waals surface area (Å²) in [6.45, 7) is 2.30. The van der Waals surface area contributed by atoms with Crippen LogP contribution in [0.5, 0.6) is 0 Å². The van der Waals surface area contributed by atoms with E-state index < -0.39 is 11.6 Å². The summed E-state index contributed by atoms with van der Waals surface area (Å²) < 4.78 is 26.9. The van der Waals surface area contributed by atoms with Gasteiger partial charge in [-0.3, -0.25) is 0 Å². The first-order valence-corrected chi connectivity index (χ1v) is 12.1. The molecule has 1 aromatic carbocycles. The molecule has 158 valence electrons. The first-order chi connectivity index (χ1) is 13.6. The van der Waals surface area contributed by atoms with Crippen molar-refractivity contribution in [2.45, 2.75) is 109 Å². The van der Waals surface area contributed by atoms with Gasteiger partial charge < -0.3 is 0 Å². The standard InChI is InChI=1S/C26H40F2/c1-2-3-4-6-20-9-11-21(12-10-20)7-5-8-22-13-15-23(16-14-22)24-17-25(27)19-26(28)18-24/h17-23H,2-16H2,1H3. The summed E-state index contributed by atoms with van der Waals surface area (Å²) in [5.74, 6) is 2.32. The zero-order chi connectivity index (χ0) is 19.8. The largest absolute Gasteiger partial charge is 0.207 e. The Kier molecular flexibility index (Phi) is 8.80. The second kappa shape index (κ2) is 11.3. The molecule has 0 aromatic heterocycles. The number of benzene rings is 1. The lowest BCUT2D eigenvalue weighted by atomic mass is 9.75. The molecule has 1 aromatic rings. The van der Waals surface area contributed by atoms with Gasteiger partial charge in [0, 0.05) is 6.07 Å². The minimum Gasteiger partial charge on any atom is -0.207 e. The fourth-order valence-corrected chi connectivity index (χ4v) is 5.78. The highest BCUT2D eigenvalue weighted by atomic mass is 19.1. The summed E-state index contributed by atoms with van der Waals surface area (Å²) in [6.07, 6.45) is 20.4. The summed E-state index contributed by atoms with van der Waals surface area (Å²) in [4.78, 5) is 0. The Hall–Kier alpha value is -0.920. The predicted octanol–water partition coefficient (Wildman–Crippen LogP) is 8.80. The predicted molar refractivity (Wildman–Crippen MR) is 114 cm³/mol. The van der Waals surface area contributed by atoms with Crippen molar-refractivity contribution in [2.24, 2.45) is 17.8 Å². The molecule has 0 atom stereocenters. The maximum absolute atomic E-state index is 13.5. The molecule has 0 nitrogen and oxygen atoms in total. The van der Waals surface area contributed by atoms with E-state index in [1.165, 1.54) is 95.6 Å². The van der Waals surface area contributed by atoms with E-state index >= 15 is 0 Å². The van der Waals surface area contributed by atoms with Gasteiger partial charge in [-0.2, -0.15) is 0 Å². The third-order valence-electron chi connectivity index (χ3n) is 7.61. The van der Waals surface area contributed by atoms with E-state index in [-0.39, 0.29) is 0 Å². The van der Waals surface area contributed by atoms with Crippen LogP contribution in [0.4, 0.5) is 8.78 Å². The molecule has 0 heterocycles. The van der Waals surface area contributed by atoms with E-state index in [0.29, 0.717) is 5.92 Å². The molecule has 2 saturated carbocycles. The third kappa shape index (κ3) is 6.85. The van der Waals surface area contributed by atoms with Gasteiger partial charge in [0.05, 0.1) is 0 Å². The molecule has 0 saturated heterocycles. The Morgan fingerprint density at radius 1 is 0.643 bits per heavy atom. The number of hydrogen-bond acceptors (Lipinski definition) is 0. The van der Waals surface area contributed by atoms with Crippen molar-refractivity contribution in [1.82, 2.24) is 0 Å². The van der Waals surface area contributed by atoms with E-state index in [0.717, 1.165) is 42.2 Å². The number of unbranched alkanes of at least 4 members (excludes halogenated alkanes) is 2. The van der Waals surface area contributed by atoms with Crippen LogP contribution < -0.4 is 0 Å². The monoisotopic (exact) mass is 390 g/mol. The van der Waals surface area contributed by atoms with Crippen molar-refractivity contribution < 1.29 is 8.78 Å². The first-order valence-electron chi connectivity index (χ1n) is 12.1. The summed E-state index contributed by atoms with van der Waals surface area (Å²) >= 11 is 0. The summed E-state index contributed by atoms with van der Waals surface area (Å²) in [6, 6.07) is 4.05. The van der Waals surface area contributed by atoms with Gasteiger partial charge in [-0.1, -0.05) is 77.6 Å². The van der Waals surface area contributed by atoms with Crippen molar-refractivity contribution in [3.05, 3.63) is 35.4 Å². The first kappa shape index (κ1) is 21.8. The second-order valence-electron chi connectivity index (χ2n) is 9.73. The Bertz CT molecular complexity index is 546. The van der Waals surface area contributed by atoms with Crippen LogP contribution in [0.25, 0.3) is 0 Å². The van der Waals surface area contributed by atoms with Crippen LogP contribution in [0.3, 0.4) is 0 Å². The zero-order valence-electron chi connectivity index (χ0n) is 17.9. The van der Waals surface area contributed by atoms with Gasteiger partial charge in [0.15, 0.2) is 0 Å². The highest BCUT2D eigenvalue weighted by molar-refractivity contribution is 5.22. The molecule has 0 N–H and O–H groups in total. The van der Waals surface area contributed by atoms with Gasteiger partial charge in [0.25, 0.3) is 0 Å². The number of hydrogen-bond donors (Lipinski definition) is 0. The molecule has 0 aliphatic heterocycles. The van der Waals surface area contributed by atoms with Gasteiger partial charge in [0.1, 0.15) is 11.6 Å². The van der Waals surface area contributed by atoms with Crippen LogP contribution in [0, 0.1) is 29.4 Å². The van der Waals surface area contributed by atoms with Gasteiger partial charge in [0.2, 0.25) is 0 Å². The molecule has 2 aliphatic rings. The molecule has 0 amide bonds. The summed E-state index contributed by atoms with van der Waals surface area (Å²) in [5.41, 5.74) is 0.867. The molecule has 0 bridgehead atoms. The van der Waals surface area contributed by atoms with Crippen LogP contribution in [0.1, 0.15) is 115 Å². The molecule has 0 spiro atoms. The molecule has 3 rings (SSSR count). The minimum atomic E-state index is -0.433. The molecular weight excluding hydrogens is 350 g/mol. The molecule has 28 heavy (non-hydrogen) atoms. The van der Waals surface area contributed by atoms with Crippen molar-refractivity contribution in [3.63, 3.8) is 0 Å². The quantitative estimate of drug-likeness (QED) is 0.369. The van der Waals surface area contributed by atoms with Crippen LogP contribution in [0.2, 0.25) is 0 Å². The molecule has 0 radical (unpaired) electrons. The Balaban J connectivity index is 1.29. The lowest BCUT2D eigenvalue weighted by molar-refractivity contribution is 0.234. The van der Waals surface area contributed by atoms with E-state index in [9.17, 15) is 8.78 Å². The smallest absolute Gasteiger partial charge is 0.126 e. The van der Waals surface area contributed by atoms with Crippen LogP contribution in [-0.4, -0.2) is 0 Å². The molecular formula is C26H40F2. The molecule has 2 aliphatic carbocycles. The lowest BCUT2D eigenvalue weighted by Gasteiger charge is -2.31. The van der Waals surface area contributed by atoms with E-state index in [2.05, 4.69) is 6.92 Å². The fraction of sp³-hybridized carbons (Fsp3) is 0.769. The number of rotatable bonds is 9. The van der Waals surface area contributed by atoms with Crippen LogP contribution in [0.15, 0.2) is 18.2 Å². The highest BCUT2D eigenvalue weighted by Gasteiger charge is 2.24. The highest BCUT2D eigenvalue weighted by Crippen LogP contribution is 2.39. The molecule has 2 fully saturated rings. The van der Waals surface area contributed by atoms with Crippen molar-refractivity contribution in [2.75, 3.05) is 0 Å². The summed E-state index contributed by atoms with van der Waals surface area (Å²) in [7, 11) is 0. The second-order valence-corrected chi connectivity index (χ2v) is 9.73. The third-order valence-corrected chi connectivity index (χ3v) is 7.61. The minimum absolute atomic E-state index is 0.351. The average molecular weight is 391 g/mol. The maximum atomic E-state index is 13.5. The van der Waals surface area contributed by atoms with E-state index in [1.54, 1.807) is 0 Å². The van der Waals surface area contributed by atoms with Crippen molar-refractivity contribution in [1.29, 1.82) is 0 Å². The lowest BCUT2D eigenvalue weighted by Crippen LogP contribution is -2.16. The van der Waals surface area contributed by atoms with Crippen molar-refractivity contribution in [3.8, 4) is 0 Å².